The highest BCUT2D eigenvalue weighted by Gasteiger charge is 2.03. The van der Waals surface area contributed by atoms with Crippen LogP contribution in [0.5, 0.6) is 0 Å². The zero-order valence-corrected chi connectivity index (χ0v) is 10.6. The molecule has 0 spiro atoms. The van der Waals surface area contributed by atoms with Crippen LogP contribution in [0.1, 0.15) is 5.56 Å². The first-order valence-corrected chi connectivity index (χ1v) is 6.24. The molecule has 4 heteroatoms. The van der Waals surface area contributed by atoms with Gasteiger partial charge < -0.3 is 5.32 Å². The lowest BCUT2D eigenvalue weighted by Crippen LogP contribution is -2.01. The van der Waals surface area contributed by atoms with Crippen molar-refractivity contribution in [2.24, 2.45) is 0 Å². The number of nitrogens with one attached hydrogen (secondary N) is 1. The van der Waals surface area contributed by atoms with Gasteiger partial charge >= 0.3 is 0 Å². The third-order valence-corrected chi connectivity index (χ3v) is 3.10. The fourth-order valence-electron chi connectivity index (χ4n) is 2.17. The number of halogens is 2. The lowest BCUT2D eigenvalue weighted by Gasteiger charge is -2.09. The zero-order chi connectivity index (χ0) is 13.9. The minimum Gasteiger partial charge on any atom is -0.381 e. The number of aromatic nitrogens is 1. The lowest BCUT2D eigenvalue weighted by molar-refractivity contribution is 0.584. The minimum atomic E-state index is -0.594. The standard InChI is InChI=1S/C16H12F2N2/c17-13-5-14(18)7-15(6-13)20-10-12-9-19-8-11-3-1-2-4-16(11)12/h1-9,20H,10H2. The Bertz CT molecular complexity index is 731. The molecule has 1 N–H and O–H groups in total. The van der Waals surface area contributed by atoms with E-state index in [1.54, 1.807) is 12.4 Å². The van der Waals surface area contributed by atoms with Crippen LogP contribution in [0.25, 0.3) is 10.8 Å². The summed E-state index contributed by atoms with van der Waals surface area (Å²) in [5.41, 5.74) is 1.39. The first-order valence-electron chi connectivity index (χ1n) is 6.24. The van der Waals surface area contributed by atoms with Gasteiger partial charge in [-0.05, 0) is 23.1 Å². The SMILES string of the molecule is Fc1cc(F)cc(NCc2cncc3ccccc23)c1. The van der Waals surface area contributed by atoms with Crippen molar-refractivity contribution < 1.29 is 8.78 Å². The molecular weight excluding hydrogens is 258 g/mol. The van der Waals surface area contributed by atoms with Crippen molar-refractivity contribution in [2.45, 2.75) is 6.54 Å². The Morgan fingerprint density at radius 3 is 2.50 bits per heavy atom. The first-order chi connectivity index (χ1) is 9.72. The summed E-state index contributed by atoms with van der Waals surface area (Å²) in [6, 6.07) is 11.3. The van der Waals surface area contributed by atoms with Gasteiger partial charge in [0, 0.05) is 36.1 Å². The van der Waals surface area contributed by atoms with Gasteiger partial charge in [0.05, 0.1) is 0 Å². The number of benzene rings is 2. The summed E-state index contributed by atoms with van der Waals surface area (Å²) >= 11 is 0. The lowest BCUT2D eigenvalue weighted by atomic mass is 10.1. The van der Waals surface area contributed by atoms with Crippen LogP contribution in [-0.4, -0.2) is 4.98 Å². The largest absolute Gasteiger partial charge is 0.381 e. The first kappa shape index (κ1) is 12.5. The van der Waals surface area contributed by atoms with Crippen LogP contribution in [0, 0.1) is 11.6 Å². The molecule has 0 bridgehead atoms. The molecule has 20 heavy (non-hydrogen) atoms. The average molecular weight is 270 g/mol. The molecule has 2 nitrogen and oxygen atoms in total. The minimum absolute atomic E-state index is 0.412. The maximum Gasteiger partial charge on any atom is 0.128 e. The molecule has 2 aromatic carbocycles. The van der Waals surface area contributed by atoms with Crippen LogP contribution >= 0.6 is 0 Å². The maximum absolute atomic E-state index is 13.1. The summed E-state index contributed by atoms with van der Waals surface area (Å²) in [6.45, 7) is 0.456. The number of rotatable bonds is 3. The summed E-state index contributed by atoms with van der Waals surface area (Å²) < 4.78 is 26.2. The van der Waals surface area contributed by atoms with E-state index in [9.17, 15) is 8.78 Å². The van der Waals surface area contributed by atoms with Gasteiger partial charge in [-0.2, -0.15) is 0 Å². The molecule has 3 rings (SSSR count). The van der Waals surface area contributed by atoms with E-state index in [4.69, 9.17) is 0 Å². The second-order valence-electron chi connectivity index (χ2n) is 4.53. The Balaban J connectivity index is 1.87. The van der Waals surface area contributed by atoms with Crippen LogP contribution in [-0.2, 0) is 6.54 Å². The second kappa shape index (κ2) is 5.25. The van der Waals surface area contributed by atoms with Gasteiger partial charge in [0.25, 0.3) is 0 Å². The summed E-state index contributed by atoms with van der Waals surface area (Å²) in [7, 11) is 0. The van der Waals surface area contributed by atoms with Crippen LogP contribution in [0.2, 0.25) is 0 Å². The second-order valence-corrected chi connectivity index (χ2v) is 4.53. The summed E-state index contributed by atoms with van der Waals surface area (Å²) in [5, 5.41) is 5.13. The van der Waals surface area contributed by atoms with Gasteiger partial charge in [0.1, 0.15) is 11.6 Å². The zero-order valence-electron chi connectivity index (χ0n) is 10.6. The molecule has 0 unspecified atom stereocenters. The summed E-state index contributed by atoms with van der Waals surface area (Å²) in [5.74, 6) is -1.19. The quantitative estimate of drug-likeness (QED) is 0.774. The number of anilines is 1. The van der Waals surface area contributed by atoms with Crippen molar-refractivity contribution in [1.29, 1.82) is 0 Å². The van der Waals surface area contributed by atoms with Crippen molar-refractivity contribution in [2.75, 3.05) is 5.32 Å². The molecule has 0 saturated heterocycles. The van der Waals surface area contributed by atoms with Gasteiger partial charge in [-0.15, -0.1) is 0 Å². The van der Waals surface area contributed by atoms with Crippen molar-refractivity contribution in [1.82, 2.24) is 4.98 Å². The average Bonchev–Trinajstić information content (AvgIpc) is 2.44. The Labute approximate surface area is 115 Å². The third kappa shape index (κ3) is 2.59. The highest BCUT2D eigenvalue weighted by atomic mass is 19.1. The van der Waals surface area contributed by atoms with Gasteiger partial charge in [-0.25, -0.2) is 8.78 Å². The topological polar surface area (TPSA) is 24.9 Å². The van der Waals surface area contributed by atoms with E-state index in [2.05, 4.69) is 10.3 Å². The molecule has 0 saturated carbocycles. The van der Waals surface area contributed by atoms with Crippen LogP contribution in [0.3, 0.4) is 0 Å². The van der Waals surface area contributed by atoms with E-state index in [1.165, 1.54) is 12.1 Å². The van der Waals surface area contributed by atoms with E-state index in [0.29, 0.717) is 12.2 Å². The number of pyridine rings is 1. The molecule has 1 aromatic heterocycles. The Kier molecular flexibility index (Phi) is 3.29. The van der Waals surface area contributed by atoms with E-state index in [1.807, 2.05) is 24.3 Å². The molecule has 0 fully saturated rings. The number of fused-ring (bicyclic) bond motifs is 1. The monoisotopic (exact) mass is 270 g/mol. The van der Waals surface area contributed by atoms with Crippen molar-refractivity contribution in [3.63, 3.8) is 0 Å². The number of nitrogens with zero attached hydrogens (tertiary/aromatic N) is 1. The van der Waals surface area contributed by atoms with Gasteiger partial charge in [0.15, 0.2) is 0 Å². The predicted octanol–water partition coefficient (Wildman–Crippen LogP) is 4.13. The number of hydrogen-bond donors (Lipinski definition) is 1. The van der Waals surface area contributed by atoms with Crippen molar-refractivity contribution in [3.05, 3.63) is 72.1 Å². The molecule has 1 heterocycles. The smallest absolute Gasteiger partial charge is 0.128 e. The van der Waals surface area contributed by atoms with Crippen molar-refractivity contribution >= 4 is 16.5 Å². The molecule has 3 aromatic rings. The molecule has 0 aliphatic heterocycles. The molecular formula is C16H12F2N2. The predicted molar refractivity (Wildman–Crippen MR) is 75.4 cm³/mol. The summed E-state index contributed by atoms with van der Waals surface area (Å²) in [6.07, 6.45) is 3.55. The molecule has 0 aliphatic rings. The highest BCUT2D eigenvalue weighted by molar-refractivity contribution is 5.84. The van der Waals surface area contributed by atoms with E-state index < -0.39 is 11.6 Å². The molecule has 0 atom stereocenters. The van der Waals surface area contributed by atoms with Crippen molar-refractivity contribution in [3.8, 4) is 0 Å². The van der Waals surface area contributed by atoms with E-state index in [0.717, 1.165) is 22.4 Å². The van der Waals surface area contributed by atoms with Gasteiger partial charge in [0.2, 0.25) is 0 Å². The Hall–Kier alpha value is -2.49. The van der Waals surface area contributed by atoms with Gasteiger partial charge in [-0.1, -0.05) is 24.3 Å². The fourth-order valence-corrected chi connectivity index (χ4v) is 2.17. The fraction of sp³-hybridized carbons (Fsp3) is 0.0625. The molecule has 0 radical (unpaired) electrons. The molecule has 100 valence electrons. The van der Waals surface area contributed by atoms with E-state index >= 15 is 0 Å². The molecule has 0 aliphatic carbocycles. The maximum atomic E-state index is 13.1. The Morgan fingerprint density at radius 1 is 0.950 bits per heavy atom. The highest BCUT2D eigenvalue weighted by Crippen LogP contribution is 2.19. The van der Waals surface area contributed by atoms with Gasteiger partial charge in [-0.3, -0.25) is 4.98 Å². The normalized spacial score (nSPS) is 10.7. The molecule has 0 amide bonds. The van der Waals surface area contributed by atoms with Crippen LogP contribution in [0.15, 0.2) is 54.9 Å². The number of hydrogen-bond acceptors (Lipinski definition) is 2. The third-order valence-electron chi connectivity index (χ3n) is 3.10. The van der Waals surface area contributed by atoms with Crippen LogP contribution < -0.4 is 5.32 Å². The van der Waals surface area contributed by atoms with Crippen LogP contribution in [0.4, 0.5) is 14.5 Å². The Morgan fingerprint density at radius 2 is 1.70 bits per heavy atom. The van der Waals surface area contributed by atoms with E-state index in [-0.39, 0.29) is 0 Å². The summed E-state index contributed by atoms with van der Waals surface area (Å²) in [4.78, 5) is 4.17.